The molecule has 0 bridgehead atoms. The molecule has 0 heterocycles. The third kappa shape index (κ3) is 4.11. The Morgan fingerprint density at radius 1 is 1.44 bits per heavy atom. The molecule has 0 saturated carbocycles. The Balaban J connectivity index is 3.47. The first-order valence-electron chi connectivity index (χ1n) is 2.20. The number of ether oxygens (including phenoxy) is 1. The van der Waals surface area contributed by atoms with Gasteiger partial charge in [0.05, 0.1) is 6.54 Å². The summed E-state index contributed by atoms with van der Waals surface area (Å²) in [7, 11) is 0. The first-order valence-corrected chi connectivity index (χ1v) is 3.32. The number of halogens is 1. The van der Waals surface area contributed by atoms with Gasteiger partial charge in [-0.25, -0.2) is 0 Å². The van der Waals surface area contributed by atoms with Crippen LogP contribution in [0.4, 0.5) is 0 Å². The van der Waals surface area contributed by atoms with Gasteiger partial charge in [-0.05, 0) is 0 Å². The molecule has 0 saturated heterocycles. The quantitative estimate of drug-likeness (QED) is 0.364. The van der Waals surface area contributed by atoms with Crippen LogP contribution in [0.5, 0.6) is 0 Å². The largest absolute Gasteiger partial charge is 0.392 e. The normalized spacial score (nSPS) is 8.67. The zero-order chi connectivity index (χ0) is 7.28. The third-order valence-corrected chi connectivity index (χ3v) is 0.961. The van der Waals surface area contributed by atoms with Crippen LogP contribution >= 0.6 is 15.9 Å². The van der Waals surface area contributed by atoms with Crippen LogP contribution in [0.15, 0.2) is 0 Å². The molecule has 0 aromatic heterocycles. The van der Waals surface area contributed by atoms with Crippen LogP contribution < -0.4 is 5.73 Å². The Hall–Kier alpha value is -0.420. The van der Waals surface area contributed by atoms with E-state index in [1.165, 1.54) is 0 Å². The van der Waals surface area contributed by atoms with Crippen LogP contribution in [-0.4, -0.2) is 23.8 Å². The molecule has 4 nitrogen and oxygen atoms in total. The van der Waals surface area contributed by atoms with Gasteiger partial charge < -0.3 is 10.5 Å². The lowest BCUT2D eigenvalue weighted by Gasteiger charge is -1.94. The fraction of sp³-hybridized carbons (Fsp3) is 0.500. The van der Waals surface area contributed by atoms with Gasteiger partial charge in [0, 0.05) is 0 Å². The van der Waals surface area contributed by atoms with Gasteiger partial charge in [0.1, 0.15) is 5.33 Å². The number of rotatable bonds is 2. The van der Waals surface area contributed by atoms with E-state index in [4.69, 9.17) is 5.73 Å². The first-order chi connectivity index (χ1) is 4.20. The number of hydrogen-bond donors (Lipinski definition) is 1. The number of carbonyl (C=O) groups excluding carboxylic acids is 2. The van der Waals surface area contributed by atoms with Crippen molar-refractivity contribution in [2.75, 3.05) is 11.9 Å². The standard InChI is InChI=1S/C4H6BrNO3/c5-1-3(7)9-4(8)2-6/h1-2,6H2. The lowest BCUT2D eigenvalue weighted by Crippen LogP contribution is -2.20. The topological polar surface area (TPSA) is 69.4 Å². The second-order valence-corrected chi connectivity index (χ2v) is 1.74. The van der Waals surface area contributed by atoms with Gasteiger partial charge in [0.25, 0.3) is 0 Å². The number of hydrogen-bond acceptors (Lipinski definition) is 4. The van der Waals surface area contributed by atoms with Crippen LogP contribution in [0.25, 0.3) is 0 Å². The molecule has 0 unspecified atom stereocenters. The van der Waals surface area contributed by atoms with E-state index in [2.05, 4.69) is 20.7 Å². The smallest absolute Gasteiger partial charge is 0.327 e. The Morgan fingerprint density at radius 2 is 2.00 bits per heavy atom. The van der Waals surface area contributed by atoms with Crippen molar-refractivity contribution in [2.45, 2.75) is 0 Å². The van der Waals surface area contributed by atoms with E-state index in [1.807, 2.05) is 0 Å². The summed E-state index contributed by atoms with van der Waals surface area (Å²) in [4.78, 5) is 20.4. The Morgan fingerprint density at radius 3 is 2.33 bits per heavy atom. The number of alkyl halides is 1. The van der Waals surface area contributed by atoms with Crippen molar-refractivity contribution in [1.29, 1.82) is 0 Å². The van der Waals surface area contributed by atoms with Gasteiger partial charge in [-0.1, -0.05) is 15.9 Å². The van der Waals surface area contributed by atoms with E-state index < -0.39 is 11.9 Å². The molecular weight excluding hydrogens is 190 g/mol. The van der Waals surface area contributed by atoms with Gasteiger partial charge in [-0.15, -0.1) is 0 Å². The first kappa shape index (κ1) is 8.58. The summed E-state index contributed by atoms with van der Waals surface area (Å²) in [6.07, 6.45) is 0. The number of carbonyl (C=O) groups is 2. The summed E-state index contributed by atoms with van der Waals surface area (Å²) in [5.41, 5.74) is 4.83. The average molecular weight is 196 g/mol. The van der Waals surface area contributed by atoms with Crippen LogP contribution in [0.2, 0.25) is 0 Å². The maximum absolute atomic E-state index is 10.2. The zero-order valence-electron chi connectivity index (χ0n) is 4.59. The molecule has 0 aromatic carbocycles. The molecule has 2 N–H and O–H groups in total. The monoisotopic (exact) mass is 195 g/mol. The van der Waals surface area contributed by atoms with Crippen LogP contribution in [0.1, 0.15) is 0 Å². The molecule has 0 atom stereocenters. The lowest BCUT2D eigenvalue weighted by molar-refractivity contribution is -0.156. The van der Waals surface area contributed by atoms with Crippen LogP contribution in [0, 0.1) is 0 Å². The summed E-state index contributed by atoms with van der Waals surface area (Å²) >= 11 is 2.80. The second kappa shape index (κ2) is 4.46. The number of esters is 2. The predicted octanol–water partition coefficient (Wildman–Crippen LogP) is -0.590. The molecule has 0 fully saturated rings. The lowest BCUT2D eigenvalue weighted by atomic mass is 10.7. The molecule has 0 aliphatic heterocycles. The van der Waals surface area contributed by atoms with Gasteiger partial charge in [0.2, 0.25) is 0 Å². The highest BCUT2D eigenvalue weighted by Crippen LogP contribution is 1.84. The molecule has 0 spiro atoms. The molecule has 0 aliphatic rings. The summed E-state index contributed by atoms with van der Waals surface area (Å²) in [5, 5.41) is 0.0126. The van der Waals surface area contributed by atoms with E-state index in [9.17, 15) is 9.59 Å². The van der Waals surface area contributed by atoms with Crippen molar-refractivity contribution in [2.24, 2.45) is 5.73 Å². The molecular formula is C4H6BrNO3. The Labute approximate surface area is 60.5 Å². The van der Waals surface area contributed by atoms with Crippen molar-refractivity contribution in [3.05, 3.63) is 0 Å². The molecule has 0 rings (SSSR count). The second-order valence-electron chi connectivity index (χ2n) is 1.18. The highest BCUT2D eigenvalue weighted by Gasteiger charge is 2.04. The van der Waals surface area contributed by atoms with Gasteiger partial charge in [-0.2, -0.15) is 0 Å². The Kier molecular flexibility index (Phi) is 4.25. The van der Waals surface area contributed by atoms with Crippen LogP contribution in [-0.2, 0) is 14.3 Å². The zero-order valence-corrected chi connectivity index (χ0v) is 6.18. The van der Waals surface area contributed by atoms with Gasteiger partial charge in [-0.3, -0.25) is 9.59 Å². The minimum absolute atomic E-state index is 0.0126. The minimum Gasteiger partial charge on any atom is -0.392 e. The summed E-state index contributed by atoms with van der Waals surface area (Å²) in [6.45, 7) is -0.265. The third-order valence-electron chi connectivity index (χ3n) is 0.503. The highest BCUT2D eigenvalue weighted by atomic mass is 79.9. The maximum Gasteiger partial charge on any atom is 0.327 e. The summed E-state index contributed by atoms with van der Waals surface area (Å²) in [5.74, 6) is -1.33. The van der Waals surface area contributed by atoms with Gasteiger partial charge in [0.15, 0.2) is 0 Å². The fourth-order valence-corrected chi connectivity index (χ4v) is 0.310. The molecule has 0 radical (unpaired) electrons. The predicted molar refractivity (Wildman–Crippen MR) is 33.9 cm³/mol. The molecule has 0 amide bonds. The average Bonchev–Trinajstić information content (AvgIpc) is 1.87. The van der Waals surface area contributed by atoms with Gasteiger partial charge >= 0.3 is 11.9 Å². The van der Waals surface area contributed by atoms with Crippen molar-refractivity contribution in [1.82, 2.24) is 0 Å². The van der Waals surface area contributed by atoms with E-state index in [0.29, 0.717) is 0 Å². The summed E-state index contributed by atoms with van der Waals surface area (Å²) < 4.78 is 4.10. The van der Waals surface area contributed by atoms with Crippen molar-refractivity contribution >= 4 is 27.9 Å². The fourth-order valence-electron chi connectivity index (χ4n) is 0.196. The summed E-state index contributed by atoms with van der Waals surface area (Å²) in [6, 6.07) is 0. The van der Waals surface area contributed by atoms with E-state index >= 15 is 0 Å². The van der Waals surface area contributed by atoms with Crippen molar-refractivity contribution < 1.29 is 14.3 Å². The highest BCUT2D eigenvalue weighted by molar-refractivity contribution is 9.09. The van der Waals surface area contributed by atoms with E-state index in [1.54, 1.807) is 0 Å². The molecule has 9 heavy (non-hydrogen) atoms. The number of nitrogens with two attached hydrogens (primary N) is 1. The van der Waals surface area contributed by atoms with Crippen LogP contribution in [0.3, 0.4) is 0 Å². The molecule has 0 aromatic rings. The molecule has 5 heteroatoms. The van der Waals surface area contributed by atoms with Crippen molar-refractivity contribution in [3.8, 4) is 0 Å². The van der Waals surface area contributed by atoms with E-state index in [-0.39, 0.29) is 11.9 Å². The van der Waals surface area contributed by atoms with E-state index in [0.717, 1.165) is 0 Å². The molecule has 0 aliphatic carbocycles. The Bertz CT molecular complexity index is 111. The SMILES string of the molecule is NCC(=O)OC(=O)CBr. The molecule has 52 valence electrons. The van der Waals surface area contributed by atoms with Crippen molar-refractivity contribution in [3.63, 3.8) is 0 Å². The maximum atomic E-state index is 10.2. The minimum atomic E-state index is -0.709.